The number of piperidine rings is 1. The first-order valence-corrected chi connectivity index (χ1v) is 7.89. The zero-order valence-corrected chi connectivity index (χ0v) is 13.2. The van der Waals surface area contributed by atoms with Crippen molar-refractivity contribution in [1.29, 1.82) is 0 Å². The smallest absolute Gasteiger partial charge is 0.227 e. The lowest BCUT2D eigenvalue weighted by Gasteiger charge is -2.32. The van der Waals surface area contributed by atoms with Crippen molar-refractivity contribution in [3.8, 4) is 0 Å². The summed E-state index contributed by atoms with van der Waals surface area (Å²) in [5.41, 5.74) is 1.99. The molecule has 1 unspecified atom stereocenters. The number of benzene rings is 1. The highest BCUT2D eigenvalue weighted by Gasteiger charge is 2.26. The van der Waals surface area contributed by atoms with Crippen LogP contribution in [0.2, 0.25) is 0 Å². The lowest BCUT2D eigenvalue weighted by atomic mass is 9.95. The third kappa shape index (κ3) is 3.50. The van der Waals surface area contributed by atoms with Gasteiger partial charge in [-0.25, -0.2) is 0 Å². The van der Waals surface area contributed by atoms with Crippen LogP contribution in [0.25, 0.3) is 0 Å². The summed E-state index contributed by atoms with van der Waals surface area (Å²) in [6.07, 6.45) is 4.28. The molecule has 6 heteroatoms. The molecule has 3 rings (SSSR count). The molecule has 110 valence electrons. The highest BCUT2D eigenvalue weighted by Crippen LogP contribution is 2.25. The van der Waals surface area contributed by atoms with Gasteiger partial charge in [-0.3, -0.25) is 4.79 Å². The van der Waals surface area contributed by atoms with Gasteiger partial charge in [0.1, 0.15) is 0 Å². The molecule has 2 heterocycles. The number of rotatable bonds is 3. The number of hydrogen-bond donors (Lipinski definition) is 1. The number of likely N-dealkylation sites (tertiary alicyclic amines) is 1. The third-order valence-corrected chi connectivity index (χ3v) is 4.36. The average Bonchev–Trinajstić information content (AvgIpc) is 3.02. The summed E-state index contributed by atoms with van der Waals surface area (Å²) in [4.78, 5) is 14.4. The van der Waals surface area contributed by atoms with Crippen molar-refractivity contribution < 1.29 is 4.79 Å². The second-order valence-electron chi connectivity index (χ2n) is 5.38. The summed E-state index contributed by atoms with van der Waals surface area (Å²) in [6, 6.07) is 7.91. The molecule has 0 spiro atoms. The van der Waals surface area contributed by atoms with E-state index in [0.29, 0.717) is 12.3 Å². The Morgan fingerprint density at radius 2 is 2.38 bits per heavy atom. The predicted molar refractivity (Wildman–Crippen MR) is 82.8 cm³/mol. The van der Waals surface area contributed by atoms with Crippen LogP contribution < -0.4 is 0 Å². The van der Waals surface area contributed by atoms with E-state index in [2.05, 4.69) is 31.3 Å². The Morgan fingerprint density at radius 3 is 3.14 bits per heavy atom. The molecule has 21 heavy (non-hydrogen) atoms. The van der Waals surface area contributed by atoms with Crippen LogP contribution >= 0.6 is 15.9 Å². The van der Waals surface area contributed by atoms with Crippen molar-refractivity contribution in [2.24, 2.45) is 0 Å². The van der Waals surface area contributed by atoms with Crippen LogP contribution in [-0.2, 0) is 11.2 Å². The number of H-pyrrole nitrogens is 1. The Morgan fingerprint density at radius 1 is 1.48 bits per heavy atom. The molecule has 1 fully saturated rings. The Bertz CT molecular complexity index is 614. The Kier molecular flexibility index (Phi) is 4.34. The first-order chi connectivity index (χ1) is 10.2. The molecule has 0 aliphatic carbocycles. The SMILES string of the molecule is O=C(Cc1cccc(Br)c1)N1CCCC(c2cn[nH]n2)C1. The van der Waals surface area contributed by atoms with Gasteiger partial charge in [-0.05, 0) is 30.5 Å². The Balaban J connectivity index is 1.64. The molecule has 1 N–H and O–H groups in total. The average molecular weight is 349 g/mol. The number of halogens is 1. The van der Waals surface area contributed by atoms with Crippen LogP contribution in [0.3, 0.4) is 0 Å². The van der Waals surface area contributed by atoms with Crippen molar-refractivity contribution in [3.05, 3.63) is 46.2 Å². The molecule has 0 radical (unpaired) electrons. The molecule has 1 atom stereocenters. The van der Waals surface area contributed by atoms with Gasteiger partial charge in [0.25, 0.3) is 0 Å². The first kappa shape index (κ1) is 14.3. The minimum absolute atomic E-state index is 0.182. The Hall–Kier alpha value is -1.69. The van der Waals surface area contributed by atoms with Crippen molar-refractivity contribution >= 4 is 21.8 Å². The summed E-state index contributed by atoms with van der Waals surface area (Å²) < 4.78 is 1.01. The molecule has 1 aromatic carbocycles. The number of nitrogens with zero attached hydrogens (tertiary/aromatic N) is 3. The molecule has 1 aliphatic heterocycles. The number of aromatic nitrogens is 3. The Labute approximate surface area is 131 Å². The maximum absolute atomic E-state index is 12.5. The fourth-order valence-electron chi connectivity index (χ4n) is 2.79. The standard InChI is InChI=1S/C15H17BrN4O/c16-13-5-1-3-11(7-13)8-15(21)20-6-2-4-12(10-20)14-9-17-19-18-14/h1,3,5,7,9,12H,2,4,6,8,10H2,(H,17,18,19). The van der Waals surface area contributed by atoms with Crippen molar-refractivity contribution in [1.82, 2.24) is 20.3 Å². The van der Waals surface area contributed by atoms with E-state index in [1.165, 1.54) is 0 Å². The van der Waals surface area contributed by atoms with Crippen molar-refractivity contribution in [2.45, 2.75) is 25.2 Å². The van der Waals surface area contributed by atoms with Gasteiger partial charge in [0.05, 0.1) is 18.3 Å². The fraction of sp³-hybridized carbons (Fsp3) is 0.400. The van der Waals surface area contributed by atoms with Crippen molar-refractivity contribution in [2.75, 3.05) is 13.1 Å². The van der Waals surface area contributed by atoms with E-state index in [0.717, 1.165) is 41.7 Å². The van der Waals surface area contributed by atoms with E-state index < -0.39 is 0 Å². The molecule has 1 saturated heterocycles. The topological polar surface area (TPSA) is 61.9 Å². The number of carbonyl (C=O) groups is 1. The quantitative estimate of drug-likeness (QED) is 0.926. The maximum Gasteiger partial charge on any atom is 0.227 e. The first-order valence-electron chi connectivity index (χ1n) is 7.10. The number of carbonyl (C=O) groups excluding carboxylic acids is 1. The van der Waals surface area contributed by atoms with E-state index in [1.807, 2.05) is 29.2 Å². The zero-order chi connectivity index (χ0) is 14.7. The summed E-state index contributed by atoms with van der Waals surface area (Å²) in [6.45, 7) is 1.57. The van der Waals surface area contributed by atoms with Gasteiger partial charge in [-0.2, -0.15) is 15.4 Å². The second kappa shape index (κ2) is 6.39. The van der Waals surface area contributed by atoms with Crippen LogP contribution in [0.15, 0.2) is 34.9 Å². The van der Waals surface area contributed by atoms with Crippen LogP contribution in [0.5, 0.6) is 0 Å². The summed E-state index contributed by atoms with van der Waals surface area (Å²) >= 11 is 3.44. The molecule has 1 aromatic heterocycles. The lowest BCUT2D eigenvalue weighted by molar-refractivity contribution is -0.131. The van der Waals surface area contributed by atoms with Gasteiger partial charge in [0.2, 0.25) is 5.91 Å². The molecule has 0 saturated carbocycles. The molecular weight excluding hydrogens is 332 g/mol. The van der Waals surface area contributed by atoms with E-state index in [4.69, 9.17) is 0 Å². The van der Waals surface area contributed by atoms with Gasteiger partial charge in [-0.1, -0.05) is 28.1 Å². The maximum atomic E-state index is 12.5. The largest absolute Gasteiger partial charge is 0.342 e. The van der Waals surface area contributed by atoms with Crippen LogP contribution in [0, 0.1) is 0 Å². The number of nitrogens with one attached hydrogen (secondary N) is 1. The van der Waals surface area contributed by atoms with Crippen molar-refractivity contribution in [3.63, 3.8) is 0 Å². The predicted octanol–water partition coefficient (Wildman–Crippen LogP) is 2.52. The number of aromatic amines is 1. The van der Waals surface area contributed by atoms with Gasteiger partial charge >= 0.3 is 0 Å². The minimum atomic E-state index is 0.182. The van der Waals surface area contributed by atoms with E-state index in [1.54, 1.807) is 6.20 Å². The molecular formula is C15H17BrN4O. The highest BCUT2D eigenvalue weighted by atomic mass is 79.9. The summed E-state index contributed by atoms with van der Waals surface area (Å²) in [5, 5.41) is 10.7. The molecule has 2 aromatic rings. The van der Waals surface area contributed by atoms with Crippen LogP contribution in [-0.4, -0.2) is 39.3 Å². The summed E-state index contributed by atoms with van der Waals surface area (Å²) in [5.74, 6) is 0.477. The molecule has 1 aliphatic rings. The zero-order valence-electron chi connectivity index (χ0n) is 11.6. The molecule has 1 amide bonds. The van der Waals surface area contributed by atoms with Gasteiger partial charge < -0.3 is 4.90 Å². The van der Waals surface area contributed by atoms with E-state index >= 15 is 0 Å². The fourth-order valence-corrected chi connectivity index (χ4v) is 3.23. The second-order valence-corrected chi connectivity index (χ2v) is 6.30. The summed E-state index contributed by atoms with van der Waals surface area (Å²) in [7, 11) is 0. The number of hydrogen-bond acceptors (Lipinski definition) is 3. The number of amides is 1. The normalized spacial score (nSPS) is 18.7. The molecule has 5 nitrogen and oxygen atoms in total. The lowest BCUT2D eigenvalue weighted by Crippen LogP contribution is -2.40. The minimum Gasteiger partial charge on any atom is -0.342 e. The van der Waals surface area contributed by atoms with Gasteiger partial charge in [0.15, 0.2) is 0 Å². The molecule has 0 bridgehead atoms. The van der Waals surface area contributed by atoms with Gasteiger partial charge in [-0.15, -0.1) is 0 Å². The van der Waals surface area contributed by atoms with E-state index in [9.17, 15) is 4.79 Å². The van der Waals surface area contributed by atoms with E-state index in [-0.39, 0.29) is 5.91 Å². The van der Waals surface area contributed by atoms with Crippen LogP contribution in [0.4, 0.5) is 0 Å². The van der Waals surface area contributed by atoms with Crippen LogP contribution in [0.1, 0.15) is 30.0 Å². The highest BCUT2D eigenvalue weighted by molar-refractivity contribution is 9.10. The monoisotopic (exact) mass is 348 g/mol. The van der Waals surface area contributed by atoms with Gasteiger partial charge in [0, 0.05) is 23.5 Å². The third-order valence-electron chi connectivity index (χ3n) is 3.87.